The molecule has 4 heteroatoms. The van der Waals surface area contributed by atoms with Crippen LogP contribution in [-0.2, 0) is 6.54 Å². The van der Waals surface area contributed by atoms with Crippen molar-refractivity contribution in [3.05, 3.63) is 45.3 Å². The van der Waals surface area contributed by atoms with Gasteiger partial charge >= 0.3 is 0 Å². The summed E-state index contributed by atoms with van der Waals surface area (Å²) >= 11 is 13.8. The molecule has 0 bridgehead atoms. The minimum Gasteiger partial charge on any atom is -0.326 e. The summed E-state index contributed by atoms with van der Waals surface area (Å²) in [6.45, 7) is 0.498. The van der Waals surface area contributed by atoms with E-state index in [9.17, 15) is 0 Å². The maximum atomic E-state index is 6.16. The second-order valence-electron chi connectivity index (χ2n) is 3.12. The fraction of sp³-hybridized carbons (Fsp3) is 0.0909. The van der Waals surface area contributed by atoms with Gasteiger partial charge in [0.25, 0.3) is 0 Å². The zero-order chi connectivity index (χ0) is 10.8. The van der Waals surface area contributed by atoms with E-state index >= 15 is 0 Å². The van der Waals surface area contributed by atoms with Gasteiger partial charge in [-0.3, -0.25) is 0 Å². The van der Waals surface area contributed by atoms with E-state index in [0.29, 0.717) is 11.6 Å². The summed E-state index contributed by atoms with van der Waals surface area (Å²) in [4.78, 5) is 1.00. The molecule has 0 unspecified atom stereocenters. The Morgan fingerprint density at radius 1 is 1.13 bits per heavy atom. The monoisotopic (exact) mass is 257 g/mol. The molecule has 1 heterocycles. The summed E-state index contributed by atoms with van der Waals surface area (Å²) in [5.41, 5.74) is 7.53. The van der Waals surface area contributed by atoms with Crippen molar-refractivity contribution in [3.8, 4) is 10.4 Å². The highest BCUT2D eigenvalue weighted by atomic mass is 35.5. The summed E-state index contributed by atoms with van der Waals surface area (Å²) < 4.78 is 0. The van der Waals surface area contributed by atoms with Gasteiger partial charge in [0.1, 0.15) is 0 Å². The van der Waals surface area contributed by atoms with E-state index in [1.54, 1.807) is 11.3 Å². The highest BCUT2D eigenvalue weighted by molar-refractivity contribution is 7.14. The van der Waals surface area contributed by atoms with Gasteiger partial charge in [0.2, 0.25) is 0 Å². The normalized spacial score (nSPS) is 10.6. The molecule has 0 aliphatic rings. The molecule has 0 radical (unpaired) electrons. The van der Waals surface area contributed by atoms with Crippen molar-refractivity contribution >= 4 is 34.5 Å². The zero-order valence-electron chi connectivity index (χ0n) is 7.84. The van der Waals surface area contributed by atoms with Gasteiger partial charge in [0.15, 0.2) is 0 Å². The number of benzene rings is 1. The molecule has 15 heavy (non-hydrogen) atoms. The molecule has 1 aromatic heterocycles. The van der Waals surface area contributed by atoms with Gasteiger partial charge in [-0.15, -0.1) is 11.3 Å². The molecule has 2 N–H and O–H groups in total. The van der Waals surface area contributed by atoms with Crippen molar-refractivity contribution in [3.63, 3.8) is 0 Å². The molecule has 0 saturated carbocycles. The maximum absolute atomic E-state index is 6.16. The lowest BCUT2D eigenvalue weighted by Crippen LogP contribution is -1.95. The van der Waals surface area contributed by atoms with Crippen LogP contribution in [0.1, 0.15) is 5.56 Å². The molecule has 0 aliphatic carbocycles. The largest absolute Gasteiger partial charge is 0.326 e. The van der Waals surface area contributed by atoms with E-state index in [2.05, 4.69) is 0 Å². The third-order valence-corrected chi connectivity index (χ3v) is 3.82. The fourth-order valence-electron chi connectivity index (χ4n) is 1.36. The van der Waals surface area contributed by atoms with Crippen molar-refractivity contribution in [1.29, 1.82) is 0 Å². The quantitative estimate of drug-likeness (QED) is 0.859. The van der Waals surface area contributed by atoms with Gasteiger partial charge in [0, 0.05) is 17.1 Å². The third kappa shape index (κ3) is 2.18. The molecule has 1 nitrogen and oxygen atoms in total. The average Bonchev–Trinajstić information content (AvgIpc) is 2.64. The third-order valence-electron chi connectivity index (χ3n) is 2.13. The summed E-state index contributed by atoms with van der Waals surface area (Å²) in [6.07, 6.45) is 0. The van der Waals surface area contributed by atoms with Gasteiger partial charge in [-0.2, -0.15) is 0 Å². The van der Waals surface area contributed by atoms with Crippen molar-refractivity contribution < 1.29 is 0 Å². The van der Waals surface area contributed by atoms with Crippen LogP contribution in [0.2, 0.25) is 10.0 Å². The zero-order valence-corrected chi connectivity index (χ0v) is 10.2. The maximum Gasteiger partial charge on any atom is 0.0592 e. The Morgan fingerprint density at radius 3 is 2.47 bits per heavy atom. The Labute approximate surface area is 102 Å². The van der Waals surface area contributed by atoms with Gasteiger partial charge in [0.05, 0.1) is 9.90 Å². The lowest BCUT2D eigenvalue weighted by molar-refractivity contribution is 1.07. The van der Waals surface area contributed by atoms with E-state index in [0.717, 1.165) is 21.0 Å². The SMILES string of the molecule is NCc1ccc(-c2sccc2Cl)c(Cl)c1. The van der Waals surface area contributed by atoms with Crippen molar-refractivity contribution in [2.24, 2.45) is 5.73 Å². The molecule has 78 valence electrons. The lowest BCUT2D eigenvalue weighted by atomic mass is 10.1. The Morgan fingerprint density at radius 2 is 1.93 bits per heavy atom. The summed E-state index contributed by atoms with van der Waals surface area (Å²) in [5, 5.41) is 3.38. The number of rotatable bonds is 2. The topological polar surface area (TPSA) is 26.0 Å². The molecule has 2 rings (SSSR count). The van der Waals surface area contributed by atoms with Crippen molar-refractivity contribution in [2.45, 2.75) is 6.54 Å². The molecule has 0 saturated heterocycles. The van der Waals surface area contributed by atoms with Crippen molar-refractivity contribution in [2.75, 3.05) is 0 Å². The van der Waals surface area contributed by atoms with Crippen LogP contribution in [0.25, 0.3) is 10.4 Å². The highest BCUT2D eigenvalue weighted by Gasteiger charge is 2.09. The molecule has 0 spiro atoms. The van der Waals surface area contributed by atoms with Crippen LogP contribution >= 0.6 is 34.5 Å². The Hall–Kier alpha value is -0.540. The lowest BCUT2D eigenvalue weighted by Gasteiger charge is -2.04. The number of hydrogen-bond donors (Lipinski definition) is 1. The summed E-state index contributed by atoms with van der Waals surface area (Å²) in [7, 11) is 0. The first-order chi connectivity index (χ1) is 7.22. The van der Waals surface area contributed by atoms with Crippen LogP contribution in [0.15, 0.2) is 29.6 Å². The minimum absolute atomic E-state index is 0.498. The number of hydrogen-bond acceptors (Lipinski definition) is 2. The molecule has 0 aliphatic heterocycles. The van der Waals surface area contributed by atoms with Crippen LogP contribution in [-0.4, -0.2) is 0 Å². The number of halogens is 2. The van der Waals surface area contributed by atoms with Gasteiger partial charge in [-0.25, -0.2) is 0 Å². The Bertz CT molecular complexity index is 479. The molecular formula is C11H9Cl2NS. The molecule has 0 fully saturated rings. The Kier molecular flexibility index (Phi) is 3.32. The first-order valence-corrected chi connectivity index (χ1v) is 6.08. The molecule has 0 atom stereocenters. The smallest absolute Gasteiger partial charge is 0.0592 e. The van der Waals surface area contributed by atoms with Crippen molar-refractivity contribution in [1.82, 2.24) is 0 Å². The summed E-state index contributed by atoms with van der Waals surface area (Å²) in [6, 6.07) is 7.68. The van der Waals surface area contributed by atoms with Gasteiger partial charge in [-0.05, 0) is 23.1 Å². The molecule has 1 aromatic carbocycles. The van der Waals surface area contributed by atoms with Crippen LogP contribution in [0.4, 0.5) is 0 Å². The number of thiophene rings is 1. The van der Waals surface area contributed by atoms with E-state index in [1.165, 1.54) is 0 Å². The summed E-state index contributed by atoms with van der Waals surface area (Å²) in [5.74, 6) is 0. The average molecular weight is 258 g/mol. The molecular weight excluding hydrogens is 249 g/mol. The van der Waals surface area contributed by atoms with Gasteiger partial charge in [-0.1, -0.05) is 35.3 Å². The van der Waals surface area contributed by atoms with Crippen LogP contribution in [0.3, 0.4) is 0 Å². The molecule has 2 aromatic rings. The second kappa shape index (κ2) is 4.54. The predicted molar refractivity (Wildman–Crippen MR) is 67.7 cm³/mol. The van der Waals surface area contributed by atoms with Crippen LogP contribution in [0, 0.1) is 0 Å². The fourth-order valence-corrected chi connectivity index (χ4v) is 2.91. The first-order valence-electron chi connectivity index (χ1n) is 4.44. The molecule has 0 amide bonds. The van der Waals surface area contributed by atoms with E-state index in [-0.39, 0.29) is 0 Å². The van der Waals surface area contributed by atoms with Crippen LogP contribution in [0.5, 0.6) is 0 Å². The predicted octanol–water partition coefficient (Wildman–Crippen LogP) is 4.18. The van der Waals surface area contributed by atoms with Crippen LogP contribution < -0.4 is 5.73 Å². The minimum atomic E-state index is 0.498. The van der Waals surface area contributed by atoms with E-state index in [1.807, 2.05) is 29.6 Å². The van der Waals surface area contributed by atoms with Gasteiger partial charge < -0.3 is 5.73 Å². The second-order valence-corrected chi connectivity index (χ2v) is 4.85. The Balaban J connectivity index is 2.50. The first kappa shape index (κ1) is 11.0. The highest BCUT2D eigenvalue weighted by Crippen LogP contribution is 2.37. The standard InChI is InChI=1S/C11H9Cl2NS/c12-9-3-4-15-11(9)8-2-1-7(6-14)5-10(8)13/h1-5H,6,14H2. The number of nitrogens with two attached hydrogens (primary N) is 1. The van der Waals surface area contributed by atoms with E-state index < -0.39 is 0 Å². The van der Waals surface area contributed by atoms with E-state index in [4.69, 9.17) is 28.9 Å².